The van der Waals surface area contributed by atoms with Crippen LogP contribution >= 0.6 is 24.0 Å². The van der Waals surface area contributed by atoms with Gasteiger partial charge in [-0.25, -0.2) is 0 Å². The number of carbonyl (C=O) groups excluding carboxylic acids is 3. The van der Waals surface area contributed by atoms with Crippen LogP contribution in [0.15, 0.2) is 29.2 Å². The third-order valence-electron chi connectivity index (χ3n) is 4.14. The van der Waals surface area contributed by atoms with Crippen molar-refractivity contribution in [1.29, 1.82) is 0 Å². The first kappa shape index (κ1) is 22.1. The number of thioether (sulfide) groups is 1. The van der Waals surface area contributed by atoms with E-state index >= 15 is 0 Å². The van der Waals surface area contributed by atoms with E-state index in [4.69, 9.17) is 12.2 Å². The van der Waals surface area contributed by atoms with Gasteiger partial charge in [0.25, 0.3) is 5.91 Å². The van der Waals surface area contributed by atoms with Crippen molar-refractivity contribution in [1.82, 2.24) is 10.2 Å². The lowest BCUT2D eigenvalue weighted by atomic mass is 10.0. The molecule has 1 N–H and O–H groups in total. The molecule has 0 aromatic heterocycles. The molecule has 0 unspecified atom stereocenters. The molecule has 1 aliphatic heterocycles. The van der Waals surface area contributed by atoms with Crippen molar-refractivity contribution in [2.45, 2.75) is 39.7 Å². The minimum atomic E-state index is -1.31. The number of nitrogens with one attached hydrogen (secondary N) is 1. The highest BCUT2D eigenvalue weighted by molar-refractivity contribution is 8.26. The Labute approximate surface area is 174 Å². The van der Waals surface area contributed by atoms with E-state index < -0.39 is 17.9 Å². The average molecular weight is 420 g/mol. The molecule has 1 heterocycles. The molecule has 2 amide bonds. The molecular formula is C20H23N2O4S2-. The Kier molecular flexibility index (Phi) is 7.77. The summed E-state index contributed by atoms with van der Waals surface area (Å²) in [6.45, 7) is 5.81. The molecule has 1 aliphatic rings. The molecule has 0 aliphatic carbocycles. The van der Waals surface area contributed by atoms with E-state index in [0.717, 1.165) is 11.1 Å². The van der Waals surface area contributed by atoms with Gasteiger partial charge in [-0.15, -0.1) is 0 Å². The van der Waals surface area contributed by atoms with Gasteiger partial charge in [-0.05, 0) is 30.9 Å². The van der Waals surface area contributed by atoms with Gasteiger partial charge in [0, 0.05) is 13.0 Å². The molecule has 0 saturated carbocycles. The van der Waals surface area contributed by atoms with Gasteiger partial charge in [-0.1, -0.05) is 67.7 Å². The lowest BCUT2D eigenvalue weighted by molar-refractivity contribution is -0.308. The molecule has 1 aromatic carbocycles. The van der Waals surface area contributed by atoms with E-state index in [9.17, 15) is 19.5 Å². The molecule has 150 valence electrons. The highest BCUT2D eigenvalue weighted by Gasteiger charge is 2.32. The standard InChI is InChI=1S/C20H24N2O4S2/c1-12(2)10-15(19(25)26)21-17(23)8-9-22-18(24)16(28-20(22)27)11-14-6-4-13(3)5-7-14/h4-7,11-12,15H,8-10H2,1-3H3,(H,21,23)(H,25,26)/p-1/b16-11+/t15-/m0/s1. The first-order valence-electron chi connectivity index (χ1n) is 8.99. The van der Waals surface area contributed by atoms with Crippen LogP contribution in [0.2, 0.25) is 0 Å². The number of nitrogens with zero attached hydrogens (tertiary/aromatic N) is 1. The van der Waals surface area contributed by atoms with Crippen molar-refractivity contribution in [3.8, 4) is 0 Å². The number of carboxylic acid groups (broad SMARTS) is 1. The number of hydrogen-bond donors (Lipinski definition) is 1. The van der Waals surface area contributed by atoms with Gasteiger partial charge < -0.3 is 15.2 Å². The maximum Gasteiger partial charge on any atom is 0.266 e. The van der Waals surface area contributed by atoms with Crippen LogP contribution in [0, 0.1) is 12.8 Å². The van der Waals surface area contributed by atoms with Crippen molar-refractivity contribution < 1.29 is 19.5 Å². The van der Waals surface area contributed by atoms with E-state index in [1.807, 2.05) is 45.0 Å². The number of rotatable bonds is 8. The molecule has 28 heavy (non-hydrogen) atoms. The van der Waals surface area contributed by atoms with Crippen molar-refractivity contribution in [2.24, 2.45) is 5.92 Å². The van der Waals surface area contributed by atoms with E-state index in [2.05, 4.69) is 5.32 Å². The van der Waals surface area contributed by atoms with Crippen molar-refractivity contribution >= 4 is 52.2 Å². The monoisotopic (exact) mass is 419 g/mol. The van der Waals surface area contributed by atoms with Crippen molar-refractivity contribution in [2.75, 3.05) is 6.54 Å². The number of aliphatic carboxylic acids is 1. The summed E-state index contributed by atoms with van der Waals surface area (Å²) in [5.41, 5.74) is 2.03. The maximum atomic E-state index is 12.6. The first-order chi connectivity index (χ1) is 13.2. The predicted octanol–water partition coefficient (Wildman–Crippen LogP) is 1.87. The second kappa shape index (κ2) is 9.84. The zero-order chi connectivity index (χ0) is 20.8. The van der Waals surface area contributed by atoms with E-state index in [-0.39, 0.29) is 31.2 Å². The number of carbonyl (C=O) groups is 3. The summed E-state index contributed by atoms with van der Waals surface area (Å²) < 4.78 is 0.384. The zero-order valence-electron chi connectivity index (χ0n) is 16.1. The molecule has 1 atom stereocenters. The van der Waals surface area contributed by atoms with Crippen LogP contribution in [0.25, 0.3) is 6.08 Å². The highest BCUT2D eigenvalue weighted by Crippen LogP contribution is 2.32. The van der Waals surface area contributed by atoms with Gasteiger partial charge in [-0.2, -0.15) is 0 Å². The summed E-state index contributed by atoms with van der Waals surface area (Å²) in [4.78, 5) is 37.7. The third-order valence-corrected chi connectivity index (χ3v) is 5.52. The Balaban J connectivity index is 1.96. The average Bonchev–Trinajstić information content (AvgIpc) is 2.87. The van der Waals surface area contributed by atoms with Gasteiger partial charge in [0.15, 0.2) is 0 Å². The van der Waals surface area contributed by atoms with E-state index in [1.165, 1.54) is 16.7 Å². The molecule has 1 aromatic rings. The summed E-state index contributed by atoms with van der Waals surface area (Å²) in [6, 6.07) is 6.72. The van der Waals surface area contributed by atoms with Gasteiger partial charge in [0.05, 0.1) is 16.9 Å². The zero-order valence-corrected chi connectivity index (χ0v) is 17.7. The molecule has 6 nitrogen and oxygen atoms in total. The lowest BCUT2D eigenvalue weighted by Crippen LogP contribution is -2.49. The van der Waals surface area contributed by atoms with Crippen LogP contribution < -0.4 is 10.4 Å². The van der Waals surface area contributed by atoms with Crippen LogP contribution in [0.3, 0.4) is 0 Å². The van der Waals surface area contributed by atoms with Gasteiger partial charge in [0.2, 0.25) is 5.91 Å². The topological polar surface area (TPSA) is 89.5 Å². The third kappa shape index (κ3) is 6.17. The Bertz CT molecular complexity index is 803. The fourth-order valence-electron chi connectivity index (χ4n) is 2.67. The molecule has 0 radical (unpaired) electrons. The summed E-state index contributed by atoms with van der Waals surface area (Å²) in [6.07, 6.45) is 2.02. The quantitative estimate of drug-likeness (QED) is 0.511. The maximum absolute atomic E-state index is 12.6. The Morgan fingerprint density at radius 3 is 2.50 bits per heavy atom. The summed E-state index contributed by atoms with van der Waals surface area (Å²) in [5, 5.41) is 13.6. The Morgan fingerprint density at radius 2 is 1.93 bits per heavy atom. The van der Waals surface area contributed by atoms with Crippen LogP contribution in [0.5, 0.6) is 0 Å². The molecule has 2 rings (SSSR count). The predicted molar refractivity (Wildman–Crippen MR) is 112 cm³/mol. The Morgan fingerprint density at radius 1 is 1.29 bits per heavy atom. The SMILES string of the molecule is Cc1ccc(/C=C2/SC(=S)N(CCC(=O)N[C@@H](CC(C)C)C(=O)[O-])C2=O)cc1. The summed E-state index contributed by atoms with van der Waals surface area (Å²) in [5.74, 6) is -1.91. The van der Waals surface area contributed by atoms with E-state index in [0.29, 0.717) is 9.23 Å². The lowest BCUT2D eigenvalue weighted by Gasteiger charge is -2.22. The highest BCUT2D eigenvalue weighted by atomic mass is 32.2. The van der Waals surface area contributed by atoms with Gasteiger partial charge >= 0.3 is 0 Å². The molecule has 8 heteroatoms. The van der Waals surface area contributed by atoms with Crippen LogP contribution in [0.4, 0.5) is 0 Å². The number of carboxylic acids is 1. The molecule has 0 bridgehead atoms. The van der Waals surface area contributed by atoms with Crippen LogP contribution in [-0.4, -0.2) is 39.6 Å². The number of amides is 2. The van der Waals surface area contributed by atoms with Gasteiger partial charge in [0.1, 0.15) is 4.32 Å². The molecule has 1 saturated heterocycles. The van der Waals surface area contributed by atoms with Crippen molar-refractivity contribution in [3.63, 3.8) is 0 Å². The van der Waals surface area contributed by atoms with Gasteiger partial charge in [-0.3, -0.25) is 14.5 Å². The number of thiocarbonyl (C=S) groups is 1. The number of aryl methyl sites for hydroxylation is 1. The minimum absolute atomic E-state index is 0.0356. The fraction of sp³-hybridized carbons (Fsp3) is 0.400. The second-order valence-electron chi connectivity index (χ2n) is 7.06. The normalized spacial score (nSPS) is 16.7. The molecule has 1 fully saturated rings. The minimum Gasteiger partial charge on any atom is -0.548 e. The first-order valence-corrected chi connectivity index (χ1v) is 10.2. The Hall–Kier alpha value is -2.19. The van der Waals surface area contributed by atoms with Crippen molar-refractivity contribution in [3.05, 3.63) is 40.3 Å². The van der Waals surface area contributed by atoms with Crippen LogP contribution in [-0.2, 0) is 14.4 Å². The van der Waals surface area contributed by atoms with E-state index in [1.54, 1.807) is 6.08 Å². The largest absolute Gasteiger partial charge is 0.548 e. The number of benzene rings is 1. The summed E-state index contributed by atoms with van der Waals surface area (Å²) >= 11 is 6.45. The summed E-state index contributed by atoms with van der Waals surface area (Å²) in [7, 11) is 0. The second-order valence-corrected chi connectivity index (χ2v) is 8.74. The van der Waals surface area contributed by atoms with Crippen LogP contribution in [0.1, 0.15) is 37.8 Å². The molecular weight excluding hydrogens is 396 g/mol. The molecule has 0 spiro atoms. The fourth-order valence-corrected chi connectivity index (χ4v) is 3.98. The number of hydrogen-bond acceptors (Lipinski definition) is 6. The smallest absolute Gasteiger partial charge is 0.266 e.